The first-order valence-corrected chi connectivity index (χ1v) is 6.29. The van der Waals surface area contributed by atoms with Gasteiger partial charge >= 0.3 is 0 Å². The van der Waals surface area contributed by atoms with Crippen LogP contribution < -0.4 is 11.1 Å². The van der Waals surface area contributed by atoms with Gasteiger partial charge in [-0.1, -0.05) is 17.7 Å². The van der Waals surface area contributed by atoms with Gasteiger partial charge in [0.2, 0.25) is 5.91 Å². The molecule has 0 unspecified atom stereocenters. The molecule has 0 aliphatic rings. The molecule has 0 aromatic heterocycles. The van der Waals surface area contributed by atoms with E-state index in [2.05, 4.69) is 37.4 Å². The van der Waals surface area contributed by atoms with E-state index in [0.717, 1.165) is 0 Å². The molecule has 96 valence electrons. The van der Waals surface area contributed by atoms with E-state index in [-0.39, 0.29) is 18.3 Å². The second-order valence-corrected chi connectivity index (χ2v) is 4.71. The molecule has 0 saturated heterocycles. The highest BCUT2D eigenvalue weighted by molar-refractivity contribution is 8.00. The highest BCUT2D eigenvalue weighted by Crippen LogP contribution is 2.23. The summed E-state index contributed by atoms with van der Waals surface area (Å²) in [5.74, 6) is 0.487. The van der Waals surface area contributed by atoms with Gasteiger partial charge in [0, 0.05) is 18.0 Å². The minimum absolute atomic E-state index is 0. The first kappa shape index (κ1) is 16.3. The SMILES string of the molecule is Cc1ccc(C)c(SCC(=O)NCCN)c1.Cl. The van der Waals surface area contributed by atoms with Gasteiger partial charge in [-0.25, -0.2) is 0 Å². The zero-order chi connectivity index (χ0) is 12.0. The van der Waals surface area contributed by atoms with Gasteiger partial charge in [0.05, 0.1) is 5.75 Å². The summed E-state index contributed by atoms with van der Waals surface area (Å²) in [5.41, 5.74) is 7.73. The van der Waals surface area contributed by atoms with Crippen molar-refractivity contribution < 1.29 is 4.79 Å². The van der Waals surface area contributed by atoms with Crippen molar-refractivity contribution in [2.75, 3.05) is 18.8 Å². The Hall–Kier alpha value is -0.710. The van der Waals surface area contributed by atoms with Crippen LogP contribution in [-0.2, 0) is 4.79 Å². The summed E-state index contributed by atoms with van der Waals surface area (Å²) in [6.07, 6.45) is 0. The number of hydrogen-bond donors (Lipinski definition) is 2. The van der Waals surface area contributed by atoms with E-state index in [1.54, 1.807) is 11.8 Å². The molecule has 3 N–H and O–H groups in total. The number of benzene rings is 1. The predicted octanol–water partition coefficient (Wildman–Crippen LogP) is 1.89. The Labute approximate surface area is 113 Å². The summed E-state index contributed by atoms with van der Waals surface area (Å²) in [7, 11) is 0. The van der Waals surface area contributed by atoms with Crippen molar-refractivity contribution in [2.45, 2.75) is 18.7 Å². The van der Waals surface area contributed by atoms with E-state index in [0.29, 0.717) is 18.8 Å². The lowest BCUT2D eigenvalue weighted by Crippen LogP contribution is -2.30. The Morgan fingerprint density at radius 2 is 2.12 bits per heavy atom. The van der Waals surface area contributed by atoms with Gasteiger partial charge in [-0.15, -0.1) is 24.2 Å². The van der Waals surface area contributed by atoms with Crippen LogP contribution in [0.3, 0.4) is 0 Å². The maximum absolute atomic E-state index is 11.4. The molecule has 0 aliphatic carbocycles. The number of aryl methyl sites for hydroxylation is 2. The number of hydrogen-bond acceptors (Lipinski definition) is 3. The van der Waals surface area contributed by atoms with E-state index >= 15 is 0 Å². The van der Waals surface area contributed by atoms with Crippen LogP contribution in [0.1, 0.15) is 11.1 Å². The van der Waals surface area contributed by atoms with Crippen molar-refractivity contribution in [1.82, 2.24) is 5.32 Å². The molecule has 0 fully saturated rings. The maximum Gasteiger partial charge on any atom is 0.230 e. The Balaban J connectivity index is 0.00000256. The highest BCUT2D eigenvalue weighted by Gasteiger charge is 2.04. The molecule has 0 heterocycles. The van der Waals surface area contributed by atoms with Crippen molar-refractivity contribution in [1.29, 1.82) is 0 Å². The molecule has 0 radical (unpaired) electrons. The number of halogens is 1. The highest BCUT2D eigenvalue weighted by atomic mass is 35.5. The normalized spacial score (nSPS) is 9.59. The fraction of sp³-hybridized carbons (Fsp3) is 0.417. The van der Waals surface area contributed by atoms with E-state index < -0.39 is 0 Å². The average molecular weight is 275 g/mol. The quantitative estimate of drug-likeness (QED) is 0.807. The lowest BCUT2D eigenvalue weighted by molar-refractivity contribution is -0.118. The van der Waals surface area contributed by atoms with Crippen LogP contribution >= 0.6 is 24.2 Å². The van der Waals surface area contributed by atoms with Crippen molar-refractivity contribution in [3.8, 4) is 0 Å². The number of rotatable bonds is 5. The van der Waals surface area contributed by atoms with Gasteiger partial charge < -0.3 is 11.1 Å². The number of carbonyl (C=O) groups is 1. The molecule has 0 saturated carbocycles. The zero-order valence-corrected chi connectivity index (χ0v) is 11.8. The summed E-state index contributed by atoms with van der Waals surface area (Å²) < 4.78 is 0. The van der Waals surface area contributed by atoms with Gasteiger partial charge in [-0.05, 0) is 25.5 Å². The standard InChI is InChI=1S/C12H18N2OS.ClH/c1-9-3-4-10(2)11(7-9)16-8-12(15)14-6-5-13;/h3-4,7H,5-6,8,13H2,1-2H3,(H,14,15);1H. The zero-order valence-electron chi connectivity index (χ0n) is 10.2. The molecule has 17 heavy (non-hydrogen) atoms. The van der Waals surface area contributed by atoms with Crippen molar-refractivity contribution in [3.63, 3.8) is 0 Å². The largest absolute Gasteiger partial charge is 0.354 e. The first-order valence-electron chi connectivity index (χ1n) is 5.30. The van der Waals surface area contributed by atoms with E-state index in [4.69, 9.17) is 5.73 Å². The molecule has 3 nitrogen and oxygen atoms in total. The van der Waals surface area contributed by atoms with Gasteiger partial charge in [0.1, 0.15) is 0 Å². The van der Waals surface area contributed by atoms with Crippen LogP contribution in [0.4, 0.5) is 0 Å². The molecule has 1 amide bonds. The molecule has 5 heteroatoms. The van der Waals surface area contributed by atoms with E-state index in [1.165, 1.54) is 16.0 Å². The monoisotopic (exact) mass is 274 g/mol. The lowest BCUT2D eigenvalue weighted by Gasteiger charge is -2.07. The van der Waals surface area contributed by atoms with Gasteiger partial charge in [-0.3, -0.25) is 4.79 Å². The number of thioether (sulfide) groups is 1. The summed E-state index contributed by atoms with van der Waals surface area (Å²) >= 11 is 1.57. The Morgan fingerprint density at radius 3 is 2.76 bits per heavy atom. The second-order valence-electron chi connectivity index (χ2n) is 3.70. The topological polar surface area (TPSA) is 55.1 Å². The van der Waals surface area contributed by atoms with Crippen LogP contribution in [0.15, 0.2) is 23.1 Å². The van der Waals surface area contributed by atoms with Crippen LogP contribution in [-0.4, -0.2) is 24.7 Å². The summed E-state index contributed by atoms with van der Waals surface area (Å²) in [4.78, 5) is 12.6. The molecule has 1 aromatic rings. The minimum Gasteiger partial charge on any atom is -0.354 e. The van der Waals surface area contributed by atoms with Gasteiger partial charge in [0.25, 0.3) is 0 Å². The summed E-state index contributed by atoms with van der Waals surface area (Å²) in [5, 5.41) is 2.75. The van der Waals surface area contributed by atoms with Crippen molar-refractivity contribution in [3.05, 3.63) is 29.3 Å². The molecule has 0 bridgehead atoms. The van der Waals surface area contributed by atoms with E-state index in [1.807, 2.05) is 0 Å². The summed E-state index contributed by atoms with van der Waals surface area (Å²) in [6.45, 7) is 5.14. The summed E-state index contributed by atoms with van der Waals surface area (Å²) in [6, 6.07) is 6.26. The molecular weight excluding hydrogens is 256 g/mol. The number of nitrogens with two attached hydrogens (primary N) is 1. The van der Waals surface area contributed by atoms with Gasteiger partial charge in [0.15, 0.2) is 0 Å². The van der Waals surface area contributed by atoms with Crippen LogP contribution in [0.5, 0.6) is 0 Å². The fourth-order valence-corrected chi connectivity index (χ4v) is 2.22. The van der Waals surface area contributed by atoms with Crippen LogP contribution in [0.2, 0.25) is 0 Å². The third-order valence-corrected chi connectivity index (χ3v) is 3.33. The first-order chi connectivity index (χ1) is 7.63. The lowest BCUT2D eigenvalue weighted by atomic mass is 10.2. The minimum atomic E-state index is 0. The molecular formula is C12H19ClN2OS. The molecule has 0 atom stereocenters. The average Bonchev–Trinajstić information content (AvgIpc) is 2.27. The fourth-order valence-electron chi connectivity index (χ4n) is 1.27. The van der Waals surface area contributed by atoms with Crippen molar-refractivity contribution in [2.24, 2.45) is 5.73 Å². The molecule has 0 spiro atoms. The maximum atomic E-state index is 11.4. The molecule has 1 rings (SSSR count). The number of amides is 1. The number of nitrogens with one attached hydrogen (secondary N) is 1. The third kappa shape index (κ3) is 5.96. The second kappa shape index (κ2) is 8.39. The smallest absolute Gasteiger partial charge is 0.230 e. The Kier molecular flexibility index (Phi) is 8.04. The van der Waals surface area contributed by atoms with Crippen LogP contribution in [0.25, 0.3) is 0 Å². The third-order valence-electron chi connectivity index (χ3n) is 2.17. The predicted molar refractivity (Wildman–Crippen MR) is 76.0 cm³/mol. The van der Waals surface area contributed by atoms with Gasteiger partial charge in [-0.2, -0.15) is 0 Å². The molecule has 0 aliphatic heterocycles. The molecule has 1 aromatic carbocycles. The van der Waals surface area contributed by atoms with Crippen LogP contribution in [0, 0.1) is 13.8 Å². The number of carbonyl (C=O) groups excluding carboxylic acids is 1. The Bertz CT molecular complexity index is 372. The van der Waals surface area contributed by atoms with E-state index in [9.17, 15) is 4.79 Å². The van der Waals surface area contributed by atoms with Crippen molar-refractivity contribution >= 4 is 30.1 Å². The Morgan fingerprint density at radius 1 is 1.41 bits per heavy atom.